The van der Waals surface area contributed by atoms with Crippen LogP contribution in [-0.4, -0.2) is 4.98 Å². The molecule has 226 valence electrons. The van der Waals surface area contributed by atoms with Gasteiger partial charge in [-0.15, -0.1) is 0 Å². The average Bonchev–Trinajstić information content (AvgIpc) is 3.49. The molecule has 1 heteroatoms. The summed E-state index contributed by atoms with van der Waals surface area (Å²) in [5.41, 5.74) is 15.5. The number of benzene rings is 6. The van der Waals surface area contributed by atoms with E-state index in [2.05, 4.69) is 180 Å². The number of nitrogens with one attached hydrogen (secondary N) is 1. The number of aromatic amines is 1. The zero-order chi connectivity index (χ0) is 31.8. The van der Waals surface area contributed by atoms with Crippen LogP contribution in [-0.2, 0) is 10.8 Å². The molecule has 0 amide bonds. The van der Waals surface area contributed by atoms with Crippen LogP contribution < -0.4 is 0 Å². The highest BCUT2D eigenvalue weighted by Gasteiger charge is 2.56. The second kappa shape index (κ2) is 10.1. The number of hydrogen-bond acceptors (Lipinski definition) is 0. The maximum absolute atomic E-state index is 3.76. The molecule has 1 N–H and O–H groups in total. The Hall–Kier alpha value is -4.88. The van der Waals surface area contributed by atoms with Gasteiger partial charge in [0.2, 0.25) is 0 Å². The molecule has 0 saturated carbocycles. The molecule has 6 aromatic carbocycles. The van der Waals surface area contributed by atoms with E-state index in [1.807, 2.05) is 0 Å². The van der Waals surface area contributed by atoms with E-state index in [0.29, 0.717) is 0 Å². The third-order valence-electron chi connectivity index (χ3n) is 11.9. The molecule has 8 rings (SSSR count). The van der Waals surface area contributed by atoms with Gasteiger partial charge in [-0.2, -0.15) is 0 Å². The van der Waals surface area contributed by atoms with E-state index in [0.717, 1.165) is 0 Å². The highest BCUT2D eigenvalue weighted by Crippen LogP contribution is 2.62. The molecule has 1 aromatic heterocycles. The quantitative estimate of drug-likeness (QED) is 0.208. The Morgan fingerprint density at radius 2 is 0.783 bits per heavy atom. The molecule has 0 unspecified atom stereocenters. The standard InChI is InChI=1S/C45H41N/c1-43(2)39-27-38-37-26-33(20-21-41(37)46-42(38)28-40(39)44(3,4)45(43,5)6)31-18-13-19-32(22-31)36-24-34(29-14-9-7-10-15-29)23-35(25-36)30-16-11-8-12-17-30/h7-28,46H,1-6H3. The number of rotatable bonds is 4. The molecule has 0 fully saturated rings. The van der Waals surface area contributed by atoms with Crippen molar-refractivity contribution in [2.24, 2.45) is 5.41 Å². The van der Waals surface area contributed by atoms with Crippen molar-refractivity contribution in [2.75, 3.05) is 0 Å². The fourth-order valence-electron chi connectivity index (χ4n) is 7.88. The summed E-state index contributed by atoms with van der Waals surface area (Å²) in [6.45, 7) is 14.5. The first-order valence-corrected chi connectivity index (χ1v) is 16.5. The molecule has 0 bridgehead atoms. The second-order valence-electron chi connectivity index (χ2n) is 14.8. The molecule has 0 aliphatic heterocycles. The van der Waals surface area contributed by atoms with Crippen molar-refractivity contribution in [3.63, 3.8) is 0 Å². The van der Waals surface area contributed by atoms with E-state index in [1.54, 1.807) is 0 Å². The molecule has 0 atom stereocenters. The predicted molar refractivity (Wildman–Crippen MR) is 197 cm³/mol. The number of H-pyrrole nitrogens is 1. The summed E-state index contributed by atoms with van der Waals surface area (Å²) < 4.78 is 0. The topological polar surface area (TPSA) is 15.8 Å². The van der Waals surface area contributed by atoms with Gasteiger partial charge in [0, 0.05) is 21.8 Å². The van der Waals surface area contributed by atoms with Gasteiger partial charge < -0.3 is 4.98 Å². The summed E-state index contributed by atoms with van der Waals surface area (Å²) in [4.78, 5) is 3.76. The summed E-state index contributed by atoms with van der Waals surface area (Å²) in [7, 11) is 0. The van der Waals surface area contributed by atoms with Gasteiger partial charge in [0.1, 0.15) is 0 Å². The first kappa shape index (κ1) is 28.6. The zero-order valence-corrected chi connectivity index (χ0v) is 27.7. The fraction of sp³-hybridized carbons (Fsp3) is 0.200. The highest BCUT2D eigenvalue weighted by atomic mass is 14.7. The maximum atomic E-state index is 3.76. The average molecular weight is 596 g/mol. The molecule has 0 radical (unpaired) electrons. The molecule has 0 saturated heterocycles. The molecule has 46 heavy (non-hydrogen) atoms. The maximum Gasteiger partial charge on any atom is 0.0468 e. The summed E-state index contributed by atoms with van der Waals surface area (Å²) in [6.07, 6.45) is 0. The Morgan fingerprint density at radius 3 is 1.37 bits per heavy atom. The van der Waals surface area contributed by atoms with E-state index in [9.17, 15) is 0 Å². The Morgan fingerprint density at radius 1 is 0.348 bits per heavy atom. The van der Waals surface area contributed by atoms with Crippen molar-refractivity contribution < 1.29 is 0 Å². The van der Waals surface area contributed by atoms with Gasteiger partial charge in [-0.05, 0) is 120 Å². The smallest absolute Gasteiger partial charge is 0.0468 e. The van der Waals surface area contributed by atoms with Crippen molar-refractivity contribution in [3.8, 4) is 44.5 Å². The minimum absolute atomic E-state index is 0.0719. The van der Waals surface area contributed by atoms with Crippen LogP contribution in [0.25, 0.3) is 66.3 Å². The van der Waals surface area contributed by atoms with Crippen molar-refractivity contribution in [1.82, 2.24) is 4.98 Å². The molecule has 7 aromatic rings. The Labute approximate surface area is 273 Å². The van der Waals surface area contributed by atoms with Crippen molar-refractivity contribution in [1.29, 1.82) is 0 Å². The second-order valence-corrected chi connectivity index (χ2v) is 14.8. The predicted octanol–water partition coefficient (Wildman–Crippen LogP) is 12.6. The normalized spacial score (nSPS) is 16.1. The SMILES string of the molecule is CC1(C)c2cc3[nH]c4ccc(-c5cccc(-c6cc(-c7ccccc7)cc(-c7ccccc7)c6)c5)cc4c3cc2C(C)(C)C1(C)C. The summed E-state index contributed by atoms with van der Waals surface area (Å²) in [5, 5.41) is 2.60. The first-order chi connectivity index (χ1) is 22.0. The third-order valence-corrected chi connectivity index (χ3v) is 11.9. The molecule has 1 heterocycles. The third kappa shape index (κ3) is 4.22. The van der Waals surface area contributed by atoms with Crippen LogP contribution in [0.1, 0.15) is 52.7 Å². The van der Waals surface area contributed by atoms with Crippen molar-refractivity contribution in [3.05, 3.63) is 145 Å². The van der Waals surface area contributed by atoms with Crippen LogP contribution in [0, 0.1) is 5.41 Å². The van der Waals surface area contributed by atoms with Gasteiger partial charge in [0.15, 0.2) is 0 Å². The largest absolute Gasteiger partial charge is 0.355 e. The summed E-state index contributed by atoms with van der Waals surface area (Å²) in [5.74, 6) is 0. The molecular formula is C45H41N. The van der Waals surface area contributed by atoms with Crippen LogP contribution in [0.4, 0.5) is 0 Å². The van der Waals surface area contributed by atoms with Gasteiger partial charge in [0.05, 0.1) is 0 Å². The van der Waals surface area contributed by atoms with Gasteiger partial charge >= 0.3 is 0 Å². The monoisotopic (exact) mass is 595 g/mol. The minimum atomic E-state index is 0.0719. The van der Waals surface area contributed by atoms with E-state index in [1.165, 1.54) is 77.4 Å². The molecular weight excluding hydrogens is 555 g/mol. The Balaban J connectivity index is 1.25. The van der Waals surface area contributed by atoms with Gasteiger partial charge in [0.25, 0.3) is 0 Å². The van der Waals surface area contributed by atoms with Crippen molar-refractivity contribution in [2.45, 2.75) is 52.4 Å². The van der Waals surface area contributed by atoms with Gasteiger partial charge in [-0.1, -0.05) is 126 Å². The van der Waals surface area contributed by atoms with Crippen LogP contribution in [0.2, 0.25) is 0 Å². The molecule has 1 aliphatic rings. The molecule has 0 spiro atoms. The minimum Gasteiger partial charge on any atom is -0.355 e. The van der Waals surface area contributed by atoms with Gasteiger partial charge in [-0.25, -0.2) is 0 Å². The number of fused-ring (bicyclic) bond motifs is 4. The van der Waals surface area contributed by atoms with Crippen LogP contribution >= 0.6 is 0 Å². The first-order valence-electron chi connectivity index (χ1n) is 16.5. The lowest BCUT2D eigenvalue weighted by Gasteiger charge is -2.44. The molecule has 1 aliphatic carbocycles. The lowest BCUT2D eigenvalue weighted by molar-refractivity contribution is 0.125. The lowest BCUT2D eigenvalue weighted by Crippen LogP contribution is -2.42. The van der Waals surface area contributed by atoms with Crippen LogP contribution in [0.3, 0.4) is 0 Å². The Kier molecular flexibility index (Phi) is 6.25. The lowest BCUT2D eigenvalue weighted by atomic mass is 9.59. The van der Waals surface area contributed by atoms with Crippen LogP contribution in [0.5, 0.6) is 0 Å². The van der Waals surface area contributed by atoms with E-state index < -0.39 is 0 Å². The Bertz CT molecular complexity index is 2200. The van der Waals surface area contributed by atoms with E-state index >= 15 is 0 Å². The van der Waals surface area contributed by atoms with Gasteiger partial charge in [-0.3, -0.25) is 0 Å². The van der Waals surface area contributed by atoms with E-state index in [-0.39, 0.29) is 16.2 Å². The fourth-order valence-corrected chi connectivity index (χ4v) is 7.88. The van der Waals surface area contributed by atoms with Crippen LogP contribution in [0.15, 0.2) is 133 Å². The number of aromatic nitrogens is 1. The summed E-state index contributed by atoms with van der Waals surface area (Å²) >= 11 is 0. The zero-order valence-electron chi connectivity index (χ0n) is 27.7. The molecule has 1 nitrogen and oxygen atoms in total. The van der Waals surface area contributed by atoms with Crippen molar-refractivity contribution >= 4 is 21.8 Å². The highest BCUT2D eigenvalue weighted by molar-refractivity contribution is 6.09. The van der Waals surface area contributed by atoms with E-state index in [4.69, 9.17) is 0 Å². The number of hydrogen-bond donors (Lipinski definition) is 1. The summed E-state index contributed by atoms with van der Waals surface area (Å²) in [6, 6.07) is 49.2.